The Balaban J connectivity index is 1.44. The summed E-state index contributed by atoms with van der Waals surface area (Å²) in [6.07, 6.45) is 6.08. The van der Waals surface area contributed by atoms with Gasteiger partial charge in [-0.2, -0.15) is 0 Å². The summed E-state index contributed by atoms with van der Waals surface area (Å²) >= 11 is 1.58. The van der Waals surface area contributed by atoms with Crippen molar-refractivity contribution in [1.29, 1.82) is 0 Å². The van der Waals surface area contributed by atoms with E-state index in [4.69, 9.17) is 14.7 Å². The maximum atomic E-state index is 14.7. The van der Waals surface area contributed by atoms with Gasteiger partial charge in [0.2, 0.25) is 5.95 Å². The maximum absolute atomic E-state index is 14.7. The van der Waals surface area contributed by atoms with Gasteiger partial charge in [-0.15, -0.1) is 0 Å². The van der Waals surface area contributed by atoms with Gasteiger partial charge in [0.25, 0.3) is 0 Å². The molecule has 0 bridgehead atoms. The third-order valence-electron chi connectivity index (χ3n) is 6.24. The number of hydrogen-bond donors (Lipinski definition) is 1. The highest BCUT2D eigenvalue weighted by Gasteiger charge is 2.21. The van der Waals surface area contributed by atoms with Gasteiger partial charge in [0.1, 0.15) is 28.7 Å². The van der Waals surface area contributed by atoms with E-state index in [-0.39, 0.29) is 12.4 Å². The number of halogens is 1. The monoisotopic (exact) mass is 498 g/mol. The number of imidazole rings is 1. The molecule has 7 nitrogen and oxygen atoms in total. The van der Waals surface area contributed by atoms with Crippen LogP contribution >= 0.6 is 11.8 Å². The van der Waals surface area contributed by atoms with Crippen LogP contribution in [-0.4, -0.2) is 30.9 Å². The van der Waals surface area contributed by atoms with Crippen LogP contribution in [0.3, 0.4) is 0 Å². The summed E-state index contributed by atoms with van der Waals surface area (Å²) in [4.78, 5) is 19.5. The van der Waals surface area contributed by atoms with Gasteiger partial charge in [0.15, 0.2) is 0 Å². The SMILES string of the molecule is Cc1ncc(-c2cnc(NCc3c(F)ccc4c3CCO4)n3cnc(Sc4ccccc4)c23)c(C)n1. The fraction of sp³-hybridized carbons (Fsp3) is 0.185. The highest BCUT2D eigenvalue weighted by atomic mass is 32.2. The number of benzene rings is 2. The van der Waals surface area contributed by atoms with E-state index in [2.05, 4.69) is 27.4 Å². The van der Waals surface area contributed by atoms with Gasteiger partial charge in [-0.1, -0.05) is 30.0 Å². The molecule has 5 aromatic rings. The first-order chi connectivity index (χ1) is 17.6. The lowest BCUT2D eigenvalue weighted by atomic mass is 10.0. The second-order valence-electron chi connectivity index (χ2n) is 8.55. The first-order valence-corrected chi connectivity index (χ1v) is 12.5. The van der Waals surface area contributed by atoms with E-state index in [1.807, 2.05) is 48.8 Å². The minimum absolute atomic E-state index is 0.252. The molecular weight excluding hydrogens is 475 g/mol. The van der Waals surface area contributed by atoms with Crippen molar-refractivity contribution in [3.63, 3.8) is 0 Å². The van der Waals surface area contributed by atoms with Crippen LogP contribution in [0.25, 0.3) is 16.6 Å². The molecule has 3 aromatic heterocycles. The van der Waals surface area contributed by atoms with Gasteiger partial charge in [-0.05, 0) is 38.1 Å². The molecule has 36 heavy (non-hydrogen) atoms. The molecule has 2 aromatic carbocycles. The first kappa shape index (κ1) is 22.5. The summed E-state index contributed by atoms with van der Waals surface area (Å²) in [7, 11) is 0. The number of nitrogens with zero attached hydrogens (tertiary/aromatic N) is 5. The van der Waals surface area contributed by atoms with Gasteiger partial charge >= 0.3 is 0 Å². The van der Waals surface area contributed by atoms with Crippen LogP contribution in [-0.2, 0) is 13.0 Å². The highest BCUT2D eigenvalue weighted by Crippen LogP contribution is 2.37. The molecule has 9 heteroatoms. The van der Waals surface area contributed by atoms with E-state index < -0.39 is 0 Å². The number of ether oxygens (including phenoxy) is 1. The molecule has 6 rings (SSSR count). The standard InChI is InChI=1S/C27H23FN6OS/c1-16-20(12-29-17(2)33-16)22-14-31-27(30-13-21-19-10-11-35-24(19)9-8-23(21)28)34-15-32-26(25(22)34)36-18-6-4-3-5-7-18/h3-9,12,14-15H,10-11,13H2,1-2H3,(H,30,31). The van der Waals surface area contributed by atoms with Crippen LogP contribution in [0.2, 0.25) is 0 Å². The summed E-state index contributed by atoms with van der Waals surface area (Å²) < 4.78 is 22.3. The van der Waals surface area contributed by atoms with Gasteiger partial charge in [-0.25, -0.2) is 24.3 Å². The Morgan fingerprint density at radius 2 is 1.86 bits per heavy atom. The predicted molar refractivity (Wildman–Crippen MR) is 137 cm³/mol. The van der Waals surface area contributed by atoms with Crippen LogP contribution in [0.4, 0.5) is 10.3 Å². The Hall–Kier alpha value is -3.98. The van der Waals surface area contributed by atoms with Crippen LogP contribution in [0, 0.1) is 19.7 Å². The molecule has 0 atom stereocenters. The number of nitrogens with one attached hydrogen (secondary N) is 1. The Morgan fingerprint density at radius 1 is 1.03 bits per heavy atom. The van der Waals surface area contributed by atoms with Crippen molar-refractivity contribution in [2.45, 2.75) is 36.7 Å². The third kappa shape index (κ3) is 4.05. The maximum Gasteiger partial charge on any atom is 0.209 e. The Kier molecular flexibility index (Phi) is 5.77. The molecule has 180 valence electrons. The molecule has 0 unspecified atom stereocenters. The van der Waals surface area contributed by atoms with Crippen molar-refractivity contribution in [3.8, 4) is 16.9 Å². The molecular formula is C27H23FN6OS. The highest BCUT2D eigenvalue weighted by molar-refractivity contribution is 7.99. The van der Waals surface area contributed by atoms with E-state index in [1.54, 1.807) is 24.2 Å². The number of aryl methyl sites for hydroxylation is 2. The molecule has 4 heterocycles. The smallest absolute Gasteiger partial charge is 0.209 e. The molecule has 1 aliphatic rings. The number of anilines is 1. The third-order valence-corrected chi connectivity index (χ3v) is 7.24. The zero-order valence-electron chi connectivity index (χ0n) is 19.8. The van der Waals surface area contributed by atoms with Gasteiger partial charge in [0.05, 0.1) is 12.1 Å². The first-order valence-electron chi connectivity index (χ1n) is 11.6. The summed E-state index contributed by atoms with van der Waals surface area (Å²) in [6.45, 7) is 4.69. The second kappa shape index (κ2) is 9.23. The lowest BCUT2D eigenvalue weighted by Gasteiger charge is -2.14. The molecule has 1 aliphatic heterocycles. The topological polar surface area (TPSA) is 77.2 Å². The fourth-order valence-corrected chi connectivity index (χ4v) is 5.43. The quantitative estimate of drug-likeness (QED) is 0.325. The average Bonchev–Trinajstić information content (AvgIpc) is 3.52. The Morgan fingerprint density at radius 3 is 2.69 bits per heavy atom. The van der Waals surface area contributed by atoms with Crippen LogP contribution in [0.5, 0.6) is 5.75 Å². The minimum atomic E-state index is -0.252. The van der Waals surface area contributed by atoms with E-state index in [0.717, 1.165) is 43.6 Å². The van der Waals surface area contributed by atoms with Gasteiger partial charge in [0, 0.05) is 58.2 Å². The van der Waals surface area contributed by atoms with E-state index in [1.165, 1.54) is 6.07 Å². The predicted octanol–water partition coefficient (Wildman–Crippen LogP) is 5.64. The Bertz CT molecular complexity index is 1590. The number of fused-ring (bicyclic) bond motifs is 2. The fourth-order valence-electron chi connectivity index (χ4n) is 4.51. The lowest BCUT2D eigenvalue weighted by Crippen LogP contribution is -2.10. The molecule has 1 N–H and O–H groups in total. The summed E-state index contributed by atoms with van der Waals surface area (Å²) in [6, 6.07) is 13.3. The van der Waals surface area contributed by atoms with Gasteiger partial charge in [-0.3, -0.25) is 4.40 Å². The summed E-state index contributed by atoms with van der Waals surface area (Å²) in [5.41, 5.74) is 5.04. The van der Waals surface area contributed by atoms with Crippen molar-refractivity contribution in [2.24, 2.45) is 0 Å². The van der Waals surface area contributed by atoms with Gasteiger partial charge < -0.3 is 10.1 Å². The largest absolute Gasteiger partial charge is 0.493 e. The molecule has 0 spiro atoms. The summed E-state index contributed by atoms with van der Waals surface area (Å²) in [5.74, 6) is 1.79. The molecule has 0 amide bonds. The number of hydrogen-bond acceptors (Lipinski definition) is 7. The Labute approximate surface area is 211 Å². The zero-order valence-corrected chi connectivity index (χ0v) is 20.6. The zero-order chi connectivity index (χ0) is 24.6. The molecule has 0 saturated carbocycles. The average molecular weight is 499 g/mol. The number of rotatable bonds is 6. The molecule has 0 saturated heterocycles. The lowest BCUT2D eigenvalue weighted by molar-refractivity contribution is 0.356. The number of aromatic nitrogens is 5. The molecule has 0 aliphatic carbocycles. The van der Waals surface area contributed by atoms with E-state index in [9.17, 15) is 4.39 Å². The molecule has 0 radical (unpaired) electrons. The minimum Gasteiger partial charge on any atom is -0.493 e. The van der Waals surface area contributed by atoms with Crippen molar-refractivity contribution >= 4 is 23.2 Å². The van der Waals surface area contributed by atoms with Crippen LogP contribution < -0.4 is 10.1 Å². The van der Waals surface area contributed by atoms with Crippen molar-refractivity contribution in [3.05, 3.63) is 89.6 Å². The van der Waals surface area contributed by atoms with E-state index in [0.29, 0.717) is 30.4 Å². The molecule has 0 fully saturated rings. The second-order valence-corrected chi connectivity index (χ2v) is 9.61. The van der Waals surface area contributed by atoms with Crippen molar-refractivity contribution < 1.29 is 9.13 Å². The summed E-state index contributed by atoms with van der Waals surface area (Å²) in [5, 5.41) is 4.16. The van der Waals surface area contributed by atoms with Crippen molar-refractivity contribution in [1.82, 2.24) is 24.3 Å². The normalized spacial score (nSPS) is 12.5. The van der Waals surface area contributed by atoms with Crippen LogP contribution in [0.1, 0.15) is 22.6 Å². The van der Waals surface area contributed by atoms with Crippen LogP contribution in [0.15, 0.2) is 71.1 Å². The van der Waals surface area contributed by atoms with E-state index >= 15 is 0 Å². The van der Waals surface area contributed by atoms with Crippen molar-refractivity contribution in [2.75, 3.05) is 11.9 Å².